The Bertz CT molecular complexity index is 783. The predicted octanol–water partition coefficient (Wildman–Crippen LogP) is 4.25. The monoisotopic (exact) mass is 289 g/mol. The summed E-state index contributed by atoms with van der Waals surface area (Å²) >= 11 is 0. The van der Waals surface area contributed by atoms with Crippen molar-refractivity contribution in [2.24, 2.45) is 0 Å². The highest BCUT2D eigenvalue weighted by Gasteiger charge is 2.21. The molecular weight excluding hydrogens is 270 g/mol. The van der Waals surface area contributed by atoms with E-state index in [-0.39, 0.29) is 6.04 Å². The first kappa shape index (κ1) is 14.4. The van der Waals surface area contributed by atoms with Gasteiger partial charge >= 0.3 is 0 Å². The Kier molecular flexibility index (Phi) is 4.22. The highest BCUT2D eigenvalue weighted by molar-refractivity contribution is 5.83. The van der Waals surface area contributed by atoms with Crippen LogP contribution >= 0.6 is 0 Å². The molecule has 0 aliphatic heterocycles. The molecule has 3 nitrogen and oxygen atoms in total. The third-order valence-electron chi connectivity index (χ3n) is 4.04. The molecule has 0 spiro atoms. The van der Waals surface area contributed by atoms with Crippen molar-refractivity contribution >= 4 is 10.9 Å². The van der Waals surface area contributed by atoms with E-state index < -0.39 is 0 Å². The van der Waals surface area contributed by atoms with Crippen molar-refractivity contribution in [2.45, 2.75) is 19.5 Å². The van der Waals surface area contributed by atoms with Crippen molar-refractivity contribution in [3.05, 3.63) is 71.9 Å². The molecule has 1 unspecified atom stereocenters. The number of benzene rings is 2. The van der Waals surface area contributed by atoms with Gasteiger partial charge in [0.2, 0.25) is 0 Å². The quantitative estimate of drug-likeness (QED) is 0.762. The lowest BCUT2D eigenvalue weighted by Crippen LogP contribution is -2.27. The largest absolute Gasteiger partial charge is 0.361 e. The lowest BCUT2D eigenvalue weighted by molar-refractivity contribution is 0.241. The van der Waals surface area contributed by atoms with Crippen LogP contribution in [-0.4, -0.2) is 16.4 Å². The summed E-state index contributed by atoms with van der Waals surface area (Å²) in [5.74, 6) is 0. The van der Waals surface area contributed by atoms with E-state index in [4.69, 9.17) is 0 Å². The minimum atomic E-state index is -0.249. The van der Waals surface area contributed by atoms with Crippen LogP contribution in [0.1, 0.15) is 24.1 Å². The lowest BCUT2D eigenvalue weighted by atomic mass is 10.0. The summed E-state index contributed by atoms with van der Waals surface area (Å²) in [4.78, 5) is 5.47. The molecule has 0 fully saturated rings. The predicted molar refractivity (Wildman–Crippen MR) is 89.2 cm³/mol. The summed E-state index contributed by atoms with van der Waals surface area (Å²) in [5.41, 5.74) is 3.36. The van der Waals surface area contributed by atoms with E-state index in [0.717, 1.165) is 29.6 Å². The maximum atomic E-state index is 9.73. The van der Waals surface area contributed by atoms with Gasteiger partial charge in [-0.25, -0.2) is 0 Å². The number of rotatable bonds is 5. The molecule has 22 heavy (non-hydrogen) atoms. The number of hydrogen-bond donors (Lipinski definition) is 1. The van der Waals surface area contributed by atoms with Crippen molar-refractivity contribution in [3.63, 3.8) is 0 Å². The Morgan fingerprint density at radius 2 is 1.82 bits per heavy atom. The molecule has 0 saturated carbocycles. The van der Waals surface area contributed by atoms with Gasteiger partial charge in [0.05, 0.1) is 6.07 Å². The molecule has 2 aromatic carbocycles. The molecule has 3 aromatic rings. The number of nitrogens with one attached hydrogen (secondary N) is 1. The molecule has 1 N–H and O–H groups in total. The summed E-state index contributed by atoms with van der Waals surface area (Å²) in [6.07, 6.45) is 1.96. The molecule has 110 valence electrons. The van der Waals surface area contributed by atoms with Gasteiger partial charge in [0.15, 0.2) is 0 Å². The van der Waals surface area contributed by atoms with Crippen molar-refractivity contribution in [1.29, 1.82) is 5.26 Å². The van der Waals surface area contributed by atoms with Gasteiger partial charge in [0, 0.05) is 29.2 Å². The van der Waals surface area contributed by atoms with Crippen molar-refractivity contribution in [2.75, 3.05) is 6.54 Å². The van der Waals surface area contributed by atoms with Gasteiger partial charge in [-0.1, -0.05) is 55.5 Å². The lowest BCUT2D eigenvalue weighted by Gasteiger charge is -2.25. The summed E-state index contributed by atoms with van der Waals surface area (Å²) in [6, 6.07) is 20.7. The fourth-order valence-electron chi connectivity index (χ4n) is 2.87. The standard InChI is InChI=1S/C19H19N3/c1-2-22(14-15-8-4-3-5-9-15)19(12-20)17-13-21-18-11-7-6-10-16(17)18/h3-11,13,19,21H,2,14H2,1H3. The van der Waals surface area contributed by atoms with Gasteiger partial charge in [-0.15, -0.1) is 0 Å². The number of nitriles is 1. The van der Waals surface area contributed by atoms with E-state index in [1.54, 1.807) is 0 Å². The van der Waals surface area contributed by atoms with Crippen molar-refractivity contribution in [1.82, 2.24) is 9.88 Å². The van der Waals surface area contributed by atoms with Crippen LogP contribution in [0.5, 0.6) is 0 Å². The highest BCUT2D eigenvalue weighted by Crippen LogP contribution is 2.28. The van der Waals surface area contributed by atoms with Crippen molar-refractivity contribution < 1.29 is 0 Å². The molecule has 1 aromatic heterocycles. The third kappa shape index (κ3) is 2.74. The second-order valence-electron chi connectivity index (χ2n) is 5.37. The molecule has 0 bridgehead atoms. The summed E-state index contributed by atoms with van der Waals surface area (Å²) < 4.78 is 0. The fraction of sp³-hybridized carbons (Fsp3) is 0.211. The smallest absolute Gasteiger partial charge is 0.126 e. The van der Waals surface area contributed by atoms with E-state index in [2.05, 4.69) is 41.1 Å². The zero-order valence-corrected chi connectivity index (χ0v) is 12.7. The Morgan fingerprint density at radius 3 is 2.55 bits per heavy atom. The van der Waals surface area contributed by atoms with Crippen molar-refractivity contribution in [3.8, 4) is 6.07 Å². The Labute approximate surface area is 130 Å². The van der Waals surface area contributed by atoms with Crippen LogP contribution in [0.3, 0.4) is 0 Å². The topological polar surface area (TPSA) is 42.8 Å². The SMILES string of the molecule is CCN(Cc1ccccc1)C(C#N)c1c[nH]c2ccccc12. The molecular formula is C19H19N3. The van der Waals surface area contributed by atoms with E-state index in [1.807, 2.05) is 42.6 Å². The van der Waals surface area contributed by atoms with E-state index in [0.29, 0.717) is 0 Å². The van der Waals surface area contributed by atoms with E-state index in [1.165, 1.54) is 5.56 Å². The Balaban J connectivity index is 1.93. The summed E-state index contributed by atoms with van der Waals surface area (Å²) in [7, 11) is 0. The van der Waals surface area contributed by atoms with Gasteiger partial charge in [-0.2, -0.15) is 5.26 Å². The van der Waals surface area contributed by atoms with Gasteiger partial charge in [0.1, 0.15) is 6.04 Å². The first-order valence-electron chi connectivity index (χ1n) is 7.57. The number of aromatic amines is 1. The summed E-state index contributed by atoms with van der Waals surface area (Å²) in [5, 5.41) is 10.9. The minimum Gasteiger partial charge on any atom is -0.361 e. The number of hydrogen-bond acceptors (Lipinski definition) is 2. The number of para-hydroxylation sites is 1. The summed E-state index contributed by atoms with van der Waals surface area (Å²) in [6.45, 7) is 3.70. The van der Waals surface area contributed by atoms with Crippen LogP contribution in [0, 0.1) is 11.3 Å². The zero-order chi connectivity index (χ0) is 15.4. The van der Waals surface area contributed by atoms with Gasteiger partial charge < -0.3 is 4.98 Å². The maximum absolute atomic E-state index is 9.73. The van der Waals surface area contributed by atoms with E-state index in [9.17, 15) is 5.26 Å². The first-order chi connectivity index (χ1) is 10.8. The van der Waals surface area contributed by atoms with Crippen LogP contribution in [0.25, 0.3) is 10.9 Å². The second kappa shape index (κ2) is 6.46. The molecule has 0 amide bonds. The average Bonchev–Trinajstić information content (AvgIpc) is 3.00. The van der Waals surface area contributed by atoms with Crippen LogP contribution in [0.2, 0.25) is 0 Å². The van der Waals surface area contributed by atoms with Crippen LogP contribution in [0.4, 0.5) is 0 Å². The molecule has 3 heteroatoms. The maximum Gasteiger partial charge on any atom is 0.126 e. The van der Waals surface area contributed by atoms with Crippen LogP contribution in [0.15, 0.2) is 60.8 Å². The Morgan fingerprint density at radius 1 is 1.09 bits per heavy atom. The third-order valence-corrected chi connectivity index (χ3v) is 4.04. The van der Waals surface area contributed by atoms with E-state index >= 15 is 0 Å². The average molecular weight is 289 g/mol. The second-order valence-corrected chi connectivity index (χ2v) is 5.37. The number of fused-ring (bicyclic) bond motifs is 1. The minimum absolute atomic E-state index is 0.249. The number of aromatic nitrogens is 1. The van der Waals surface area contributed by atoms with Gasteiger partial charge in [0.25, 0.3) is 0 Å². The molecule has 0 radical (unpaired) electrons. The highest BCUT2D eigenvalue weighted by atomic mass is 15.1. The number of H-pyrrole nitrogens is 1. The fourth-order valence-corrected chi connectivity index (χ4v) is 2.87. The normalized spacial score (nSPS) is 12.4. The molecule has 0 aliphatic rings. The van der Waals surface area contributed by atoms with Crippen LogP contribution in [-0.2, 0) is 6.54 Å². The van der Waals surface area contributed by atoms with Crippen LogP contribution < -0.4 is 0 Å². The first-order valence-corrected chi connectivity index (χ1v) is 7.57. The Hall–Kier alpha value is -2.57. The molecule has 0 saturated heterocycles. The number of nitrogens with zero attached hydrogens (tertiary/aromatic N) is 2. The molecule has 1 atom stereocenters. The van der Waals surface area contributed by atoms with Gasteiger partial charge in [-0.05, 0) is 18.2 Å². The molecule has 0 aliphatic carbocycles. The molecule has 1 heterocycles. The molecule has 3 rings (SSSR count). The zero-order valence-electron chi connectivity index (χ0n) is 12.7. The van der Waals surface area contributed by atoms with Gasteiger partial charge in [-0.3, -0.25) is 4.90 Å².